The van der Waals surface area contributed by atoms with E-state index in [4.69, 9.17) is 0 Å². The van der Waals surface area contributed by atoms with Gasteiger partial charge in [0.1, 0.15) is 0 Å². The molecule has 0 atom stereocenters. The third-order valence-corrected chi connectivity index (χ3v) is 3.76. The summed E-state index contributed by atoms with van der Waals surface area (Å²) in [6.45, 7) is 0. The van der Waals surface area contributed by atoms with Crippen molar-refractivity contribution >= 4 is 5.91 Å². The quantitative estimate of drug-likeness (QED) is 0.778. The zero-order valence-electron chi connectivity index (χ0n) is 11.5. The van der Waals surface area contributed by atoms with Crippen LogP contribution in [0, 0.1) is 0 Å². The summed E-state index contributed by atoms with van der Waals surface area (Å²) in [4.78, 5) is 12.3. The molecule has 2 aromatic rings. The molecule has 0 bridgehead atoms. The summed E-state index contributed by atoms with van der Waals surface area (Å²) >= 11 is 0. The van der Waals surface area contributed by atoms with Crippen LogP contribution in [0.15, 0.2) is 24.3 Å². The Morgan fingerprint density at radius 2 is 2.10 bits per heavy atom. The molecule has 1 amide bonds. The van der Waals surface area contributed by atoms with Crippen molar-refractivity contribution in [1.29, 1.82) is 0 Å². The first-order valence-corrected chi connectivity index (χ1v) is 7.05. The molecule has 0 aliphatic heterocycles. The van der Waals surface area contributed by atoms with Crippen LogP contribution in [0.5, 0.6) is 0 Å². The van der Waals surface area contributed by atoms with Gasteiger partial charge in [-0.25, -0.2) is 0 Å². The lowest BCUT2D eigenvalue weighted by molar-refractivity contribution is 0.0867. The number of aromatic amines is 1. The van der Waals surface area contributed by atoms with Crippen LogP contribution >= 0.6 is 0 Å². The molecule has 1 saturated carbocycles. The summed E-state index contributed by atoms with van der Waals surface area (Å²) < 4.78 is 0. The van der Waals surface area contributed by atoms with Crippen LogP contribution in [0.25, 0.3) is 11.4 Å². The number of benzene rings is 1. The molecular formula is C14H17N5O2. The molecule has 0 spiro atoms. The molecule has 3 rings (SSSR count). The molecule has 1 aromatic carbocycles. The fourth-order valence-electron chi connectivity index (χ4n) is 2.57. The smallest absolute Gasteiger partial charge is 0.251 e. The Bertz CT molecular complexity index is 606. The van der Waals surface area contributed by atoms with Crippen molar-refractivity contribution in [2.45, 2.75) is 37.8 Å². The standard InChI is InChI=1S/C14H17N5O2/c20-12-6-4-11(5-7-12)15-14(21)10-3-1-2-9(8-10)13-16-18-19-17-13/h1-3,8,11-12,20H,4-7H2,(H,15,21)(H,16,17,18,19). The van der Waals surface area contributed by atoms with Gasteiger partial charge in [-0.3, -0.25) is 4.79 Å². The van der Waals surface area contributed by atoms with Crippen LogP contribution in [-0.4, -0.2) is 43.8 Å². The van der Waals surface area contributed by atoms with Gasteiger partial charge in [-0.2, -0.15) is 5.21 Å². The molecule has 7 nitrogen and oxygen atoms in total. The van der Waals surface area contributed by atoms with Crippen molar-refractivity contribution in [2.75, 3.05) is 0 Å². The van der Waals surface area contributed by atoms with Gasteiger partial charge in [-0.15, -0.1) is 10.2 Å². The number of hydrogen-bond donors (Lipinski definition) is 3. The minimum Gasteiger partial charge on any atom is -0.393 e. The van der Waals surface area contributed by atoms with Crippen molar-refractivity contribution in [3.8, 4) is 11.4 Å². The van der Waals surface area contributed by atoms with Gasteiger partial charge < -0.3 is 10.4 Å². The van der Waals surface area contributed by atoms with Gasteiger partial charge in [-0.05, 0) is 43.0 Å². The maximum atomic E-state index is 12.3. The number of hydrogen-bond acceptors (Lipinski definition) is 5. The number of amides is 1. The van der Waals surface area contributed by atoms with Crippen molar-refractivity contribution in [3.05, 3.63) is 29.8 Å². The first-order chi connectivity index (χ1) is 10.2. The van der Waals surface area contributed by atoms with E-state index < -0.39 is 0 Å². The number of carbonyl (C=O) groups is 1. The summed E-state index contributed by atoms with van der Waals surface area (Å²) in [7, 11) is 0. The molecule has 7 heteroatoms. The normalized spacial score (nSPS) is 22.0. The molecule has 0 saturated heterocycles. The highest BCUT2D eigenvalue weighted by molar-refractivity contribution is 5.95. The fourth-order valence-corrected chi connectivity index (χ4v) is 2.57. The van der Waals surface area contributed by atoms with Gasteiger partial charge >= 0.3 is 0 Å². The second-order valence-corrected chi connectivity index (χ2v) is 5.30. The topological polar surface area (TPSA) is 104 Å². The van der Waals surface area contributed by atoms with Gasteiger partial charge in [0.2, 0.25) is 5.82 Å². The molecular weight excluding hydrogens is 270 g/mol. The van der Waals surface area contributed by atoms with Gasteiger partial charge in [-0.1, -0.05) is 12.1 Å². The highest BCUT2D eigenvalue weighted by atomic mass is 16.3. The van der Waals surface area contributed by atoms with Gasteiger partial charge in [0.25, 0.3) is 5.91 Å². The molecule has 1 aliphatic rings. The summed E-state index contributed by atoms with van der Waals surface area (Å²) in [6.07, 6.45) is 2.90. The van der Waals surface area contributed by atoms with E-state index in [0.29, 0.717) is 11.4 Å². The molecule has 110 valence electrons. The molecule has 1 fully saturated rings. The lowest BCUT2D eigenvalue weighted by atomic mass is 9.93. The first-order valence-electron chi connectivity index (χ1n) is 7.05. The number of aliphatic hydroxyl groups excluding tert-OH is 1. The number of nitrogens with zero attached hydrogens (tertiary/aromatic N) is 3. The SMILES string of the molecule is O=C(NC1CCC(O)CC1)c1cccc(-c2nn[nH]n2)c1. The summed E-state index contributed by atoms with van der Waals surface area (Å²) in [6, 6.07) is 7.27. The maximum absolute atomic E-state index is 12.3. The molecule has 3 N–H and O–H groups in total. The number of rotatable bonds is 3. The number of carbonyl (C=O) groups excluding carboxylic acids is 1. The number of aliphatic hydroxyl groups is 1. The largest absolute Gasteiger partial charge is 0.393 e. The van der Waals surface area contributed by atoms with Gasteiger partial charge in [0.05, 0.1) is 6.10 Å². The molecule has 0 radical (unpaired) electrons. The second kappa shape index (κ2) is 6.01. The summed E-state index contributed by atoms with van der Waals surface area (Å²) in [5.41, 5.74) is 1.32. The van der Waals surface area contributed by atoms with Crippen molar-refractivity contribution in [3.63, 3.8) is 0 Å². The predicted molar refractivity (Wildman–Crippen MR) is 75.3 cm³/mol. The number of tetrazole rings is 1. The monoisotopic (exact) mass is 287 g/mol. The minimum atomic E-state index is -0.222. The minimum absolute atomic E-state index is 0.110. The van der Waals surface area contributed by atoms with Crippen LogP contribution < -0.4 is 5.32 Å². The van der Waals surface area contributed by atoms with E-state index in [1.165, 1.54) is 0 Å². The van der Waals surface area contributed by atoms with Gasteiger partial charge in [0, 0.05) is 17.2 Å². The fraction of sp³-hybridized carbons (Fsp3) is 0.429. The first kappa shape index (κ1) is 13.7. The van der Waals surface area contributed by atoms with Crippen LogP contribution in [0.2, 0.25) is 0 Å². The highest BCUT2D eigenvalue weighted by Crippen LogP contribution is 2.19. The second-order valence-electron chi connectivity index (χ2n) is 5.30. The average molecular weight is 287 g/mol. The third-order valence-electron chi connectivity index (χ3n) is 3.76. The zero-order chi connectivity index (χ0) is 14.7. The van der Waals surface area contributed by atoms with Crippen molar-refractivity contribution in [2.24, 2.45) is 0 Å². The van der Waals surface area contributed by atoms with Crippen molar-refractivity contribution in [1.82, 2.24) is 25.9 Å². The Kier molecular flexibility index (Phi) is 3.92. The lowest BCUT2D eigenvalue weighted by Crippen LogP contribution is -2.38. The molecule has 21 heavy (non-hydrogen) atoms. The van der Waals surface area contributed by atoms with E-state index in [0.717, 1.165) is 31.2 Å². The Morgan fingerprint density at radius 3 is 2.81 bits per heavy atom. The third kappa shape index (κ3) is 3.25. The van der Waals surface area contributed by atoms with E-state index in [9.17, 15) is 9.90 Å². The average Bonchev–Trinajstić information content (AvgIpc) is 3.04. The Hall–Kier alpha value is -2.28. The van der Waals surface area contributed by atoms with Crippen LogP contribution in [-0.2, 0) is 0 Å². The Balaban J connectivity index is 1.69. The van der Waals surface area contributed by atoms with E-state index in [2.05, 4.69) is 25.9 Å². The maximum Gasteiger partial charge on any atom is 0.251 e. The molecule has 1 aliphatic carbocycles. The van der Waals surface area contributed by atoms with E-state index in [1.807, 2.05) is 6.07 Å². The van der Waals surface area contributed by atoms with Crippen LogP contribution in [0.4, 0.5) is 0 Å². The van der Waals surface area contributed by atoms with E-state index in [1.54, 1.807) is 18.2 Å². The van der Waals surface area contributed by atoms with Crippen LogP contribution in [0.3, 0.4) is 0 Å². The molecule has 1 heterocycles. The van der Waals surface area contributed by atoms with E-state index in [-0.39, 0.29) is 18.1 Å². The Morgan fingerprint density at radius 1 is 1.29 bits per heavy atom. The lowest BCUT2D eigenvalue weighted by Gasteiger charge is -2.26. The number of nitrogens with one attached hydrogen (secondary N) is 2. The zero-order valence-corrected chi connectivity index (χ0v) is 11.5. The number of aromatic nitrogens is 4. The molecule has 0 unspecified atom stereocenters. The number of H-pyrrole nitrogens is 1. The summed E-state index contributed by atoms with van der Waals surface area (Å²) in [5.74, 6) is 0.354. The van der Waals surface area contributed by atoms with Gasteiger partial charge in [0.15, 0.2) is 0 Å². The summed E-state index contributed by atoms with van der Waals surface area (Å²) in [5, 5.41) is 26.2. The van der Waals surface area contributed by atoms with E-state index >= 15 is 0 Å². The van der Waals surface area contributed by atoms with Crippen molar-refractivity contribution < 1.29 is 9.90 Å². The highest BCUT2D eigenvalue weighted by Gasteiger charge is 2.21. The Labute approximate surface area is 121 Å². The van der Waals surface area contributed by atoms with Crippen LogP contribution in [0.1, 0.15) is 36.0 Å². The predicted octanol–water partition coefficient (Wildman–Crippen LogP) is 0.900. The molecule has 1 aromatic heterocycles.